The van der Waals surface area contributed by atoms with Crippen molar-refractivity contribution in [1.82, 2.24) is 30.2 Å². The molecule has 2 aromatic heterocycles. The van der Waals surface area contributed by atoms with Crippen LogP contribution in [0.3, 0.4) is 0 Å². The topological polar surface area (TPSA) is 351 Å². The van der Waals surface area contributed by atoms with E-state index < -0.39 is 78.5 Å². The summed E-state index contributed by atoms with van der Waals surface area (Å²) in [4.78, 5) is 47.1. The van der Waals surface area contributed by atoms with E-state index in [2.05, 4.69) is 25.6 Å². The lowest BCUT2D eigenvalue weighted by Gasteiger charge is -2.45. The highest BCUT2D eigenvalue weighted by Gasteiger charge is 2.48. The Bertz CT molecular complexity index is 1380. The molecule has 1 saturated carbocycles. The molecule has 45 heavy (non-hydrogen) atoms. The molecule has 20 heteroatoms. The van der Waals surface area contributed by atoms with Crippen molar-refractivity contribution in [3.8, 4) is 0 Å². The fourth-order valence-electron chi connectivity index (χ4n) is 5.35. The molecule has 17 N–H and O–H groups in total. The van der Waals surface area contributed by atoms with Gasteiger partial charge in [-0.2, -0.15) is 4.98 Å². The molecule has 1 saturated heterocycles. The van der Waals surface area contributed by atoms with Gasteiger partial charge in [-0.3, -0.25) is 19.4 Å². The second-order valence-electron chi connectivity index (χ2n) is 11.4. The quantitative estimate of drug-likeness (QED) is 0.0958. The number of carbonyl (C=O) groups is 2. The average Bonchev–Trinajstić information content (AvgIpc) is 3.39. The van der Waals surface area contributed by atoms with E-state index in [1.165, 1.54) is 10.9 Å². The molecule has 2 fully saturated rings. The van der Waals surface area contributed by atoms with Crippen LogP contribution < -0.4 is 44.9 Å². The SMILES string of the molecule is Nc1nc2c(ncn2CC(=O)NCCCC[C@H](N)C(=O)NC[C@H]2O[C@H](O[C@H]3[C@H](O)[C@@H](O)[C@H](N)C[C@@H]3N)[C@H](N)[C@@H](O)[C@@H]2O)c(=O)[nH]1. The van der Waals surface area contributed by atoms with Crippen molar-refractivity contribution in [1.29, 1.82) is 0 Å². The molecule has 0 unspecified atom stereocenters. The van der Waals surface area contributed by atoms with Crippen LogP contribution in [0, 0.1) is 0 Å². The van der Waals surface area contributed by atoms with Gasteiger partial charge in [-0.1, -0.05) is 0 Å². The zero-order valence-corrected chi connectivity index (χ0v) is 24.4. The minimum atomic E-state index is -1.50. The molecule has 4 rings (SSSR count). The number of hydrogen-bond donors (Lipinski definition) is 12. The zero-order valence-electron chi connectivity index (χ0n) is 24.4. The van der Waals surface area contributed by atoms with Crippen molar-refractivity contribution in [2.24, 2.45) is 22.9 Å². The van der Waals surface area contributed by atoms with E-state index in [4.69, 9.17) is 38.1 Å². The second-order valence-corrected chi connectivity index (χ2v) is 11.4. The standard InChI is InChI=1S/C25H43N11O9/c26-9(3-1-2-4-31-13(37)7-36-8-33-15-21(36)34-25(30)35-23(15)43)22(42)32-6-12-17(39)18(40)14(29)24(44-12)45-20-11(28)5-10(27)16(38)19(20)41/h8-12,14,16-20,24,38-41H,1-7,26-29H2,(H,31,37)(H,32,42)(H3,30,34,35,43)/t9-,10+,11-,12+,14+,16-,17+,18+,19+,20+,24+/m0/s1. The summed E-state index contributed by atoms with van der Waals surface area (Å²) in [6.45, 7) is -0.0611. The van der Waals surface area contributed by atoms with Gasteiger partial charge in [0.05, 0.1) is 24.5 Å². The summed E-state index contributed by atoms with van der Waals surface area (Å²) in [5.41, 5.74) is 29.1. The molecule has 2 aliphatic rings. The molecule has 2 amide bonds. The Balaban J connectivity index is 1.18. The number of imidazole rings is 1. The fourth-order valence-corrected chi connectivity index (χ4v) is 5.35. The zero-order chi connectivity index (χ0) is 33.0. The lowest BCUT2D eigenvalue weighted by Crippen LogP contribution is -2.67. The molecule has 0 aromatic carbocycles. The van der Waals surface area contributed by atoms with Gasteiger partial charge < -0.3 is 73.8 Å². The number of anilines is 1. The van der Waals surface area contributed by atoms with Crippen molar-refractivity contribution in [3.63, 3.8) is 0 Å². The first-order valence-corrected chi connectivity index (χ1v) is 14.6. The summed E-state index contributed by atoms with van der Waals surface area (Å²) >= 11 is 0. The van der Waals surface area contributed by atoms with Crippen molar-refractivity contribution in [3.05, 3.63) is 16.7 Å². The predicted molar refractivity (Wildman–Crippen MR) is 157 cm³/mol. The van der Waals surface area contributed by atoms with E-state index in [0.29, 0.717) is 19.4 Å². The number of nitrogens with one attached hydrogen (secondary N) is 3. The minimum absolute atomic E-state index is 0.0668. The maximum absolute atomic E-state index is 12.6. The third kappa shape index (κ3) is 8.10. The number of aromatic nitrogens is 4. The van der Waals surface area contributed by atoms with Gasteiger partial charge in [0.15, 0.2) is 17.5 Å². The number of rotatable bonds is 12. The van der Waals surface area contributed by atoms with Crippen LogP contribution in [0.5, 0.6) is 0 Å². The summed E-state index contributed by atoms with van der Waals surface area (Å²) in [6.07, 6.45) is -6.51. The van der Waals surface area contributed by atoms with Gasteiger partial charge in [0, 0.05) is 25.2 Å². The number of nitrogens with zero attached hydrogens (tertiary/aromatic N) is 3. The molecule has 20 nitrogen and oxygen atoms in total. The Hall–Kier alpha value is -3.31. The number of amides is 2. The van der Waals surface area contributed by atoms with Gasteiger partial charge in [0.2, 0.25) is 17.8 Å². The van der Waals surface area contributed by atoms with Crippen LogP contribution in [0.4, 0.5) is 5.95 Å². The summed E-state index contributed by atoms with van der Waals surface area (Å²) in [5.74, 6) is -0.968. The van der Waals surface area contributed by atoms with Crippen LogP contribution in [0.2, 0.25) is 0 Å². The number of nitrogen functional groups attached to an aromatic ring is 1. The number of aromatic amines is 1. The average molecular weight is 642 g/mol. The Labute approximate surface area is 256 Å². The van der Waals surface area contributed by atoms with Crippen molar-refractivity contribution < 1.29 is 39.5 Å². The van der Waals surface area contributed by atoms with Crippen LogP contribution in [0.25, 0.3) is 11.2 Å². The smallest absolute Gasteiger partial charge is 0.280 e. The van der Waals surface area contributed by atoms with E-state index >= 15 is 0 Å². The molecule has 11 atom stereocenters. The molecular formula is C25H43N11O9. The maximum Gasteiger partial charge on any atom is 0.280 e. The van der Waals surface area contributed by atoms with Crippen LogP contribution in [0.15, 0.2) is 11.1 Å². The highest BCUT2D eigenvalue weighted by atomic mass is 16.7. The number of H-pyrrole nitrogens is 1. The van der Waals surface area contributed by atoms with Crippen molar-refractivity contribution >= 4 is 28.9 Å². The summed E-state index contributed by atoms with van der Waals surface area (Å²) in [6, 6.07) is -3.64. The molecule has 252 valence electrons. The highest BCUT2D eigenvalue weighted by Crippen LogP contribution is 2.27. The van der Waals surface area contributed by atoms with Gasteiger partial charge in [-0.25, -0.2) is 4.98 Å². The van der Waals surface area contributed by atoms with E-state index in [1.807, 2.05) is 0 Å². The molecule has 1 aliphatic carbocycles. The van der Waals surface area contributed by atoms with E-state index in [0.717, 1.165) is 0 Å². The second kappa shape index (κ2) is 14.9. The number of aliphatic hydroxyl groups is 4. The molecule has 0 spiro atoms. The number of unbranched alkanes of at least 4 members (excludes halogenated alkanes) is 1. The first-order valence-electron chi connectivity index (χ1n) is 14.6. The maximum atomic E-state index is 12.6. The molecule has 2 aromatic rings. The van der Waals surface area contributed by atoms with E-state index in [-0.39, 0.29) is 49.0 Å². The van der Waals surface area contributed by atoms with Gasteiger partial charge in [-0.15, -0.1) is 0 Å². The van der Waals surface area contributed by atoms with E-state index in [9.17, 15) is 34.8 Å². The molecule has 0 bridgehead atoms. The lowest BCUT2D eigenvalue weighted by molar-refractivity contribution is -0.288. The first-order chi connectivity index (χ1) is 21.3. The number of carbonyl (C=O) groups excluding carboxylic acids is 2. The van der Waals surface area contributed by atoms with Crippen LogP contribution in [-0.4, -0.2) is 132 Å². The summed E-state index contributed by atoms with van der Waals surface area (Å²) in [5, 5.41) is 46.8. The Kier molecular flexibility index (Phi) is 11.4. The number of nitrogens with two attached hydrogens (primary N) is 5. The monoisotopic (exact) mass is 641 g/mol. The van der Waals surface area contributed by atoms with Crippen LogP contribution >= 0.6 is 0 Å². The van der Waals surface area contributed by atoms with Gasteiger partial charge >= 0.3 is 0 Å². The van der Waals surface area contributed by atoms with Crippen molar-refractivity contribution in [2.45, 2.75) is 99.3 Å². The third-order valence-corrected chi connectivity index (χ3v) is 8.02. The van der Waals surface area contributed by atoms with Crippen LogP contribution in [0.1, 0.15) is 25.7 Å². The van der Waals surface area contributed by atoms with Crippen molar-refractivity contribution in [2.75, 3.05) is 18.8 Å². The largest absolute Gasteiger partial charge is 0.389 e. The summed E-state index contributed by atoms with van der Waals surface area (Å²) in [7, 11) is 0. The Morgan fingerprint density at radius 2 is 1.82 bits per heavy atom. The molecule has 3 heterocycles. The molecular weight excluding hydrogens is 598 g/mol. The number of hydrogen-bond acceptors (Lipinski definition) is 16. The normalized spacial score (nSPS) is 32.7. The Morgan fingerprint density at radius 1 is 1.09 bits per heavy atom. The number of ether oxygens (including phenoxy) is 2. The number of fused-ring (bicyclic) bond motifs is 1. The lowest BCUT2D eigenvalue weighted by atomic mass is 9.84. The van der Waals surface area contributed by atoms with E-state index in [1.54, 1.807) is 0 Å². The molecule has 1 aliphatic heterocycles. The fraction of sp³-hybridized carbons (Fsp3) is 0.720. The summed E-state index contributed by atoms with van der Waals surface area (Å²) < 4.78 is 12.9. The molecule has 0 radical (unpaired) electrons. The van der Waals surface area contributed by atoms with Crippen LogP contribution in [-0.2, 0) is 25.6 Å². The predicted octanol–water partition coefficient (Wildman–Crippen LogP) is -6.63. The minimum Gasteiger partial charge on any atom is -0.389 e. The number of aliphatic hydroxyl groups excluding tert-OH is 4. The van der Waals surface area contributed by atoms with Gasteiger partial charge in [0.25, 0.3) is 5.56 Å². The Morgan fingerprint density at radius 3 is 2.56 bits per heavy atom. The first kappa shape index (κ1) is 34.6. The van der Waals surface area contributed by atoms with Gasteiger partial charge in [-0.05, 0) is 25.7 Å². The highest BCUT2D eigenvalue weighted by molar-refractivity contribution is 5.81. The third-order valence-electron chi connectivity index (χ3n) is 8.02. The van der Waals surface area contributed by atoms with Gasteiger partial charge in [0.1, 0.15) is 37.1 Å².